The second kappa shape index (κ2) is 5.97. The molecule has 0 aromatic carbocycles. The molecule has 1 aromatic rings. The molecule has 0 aliphatic carbocycles. The van der Waals surface area contributed by atoms with Gasteiger partial charge in [0.15, 0.2) is 5.82 Å². The van der Waals surface area contributed by atoms with Crippen molar-refractivity contribution in [2.45, 2.75) is 12.7 Å². The summed E-state index contributed by atoms with van der Waals surface area (Å²) in [5.74, 6) is -1.51. The third-order valence-electron chi connectivity index (χ3n) is 1.77. The highest BCUT2D eigenvalue weighted by Crippen LogP contribution is 2.16. The number of aromatic nitrogens is 4. The molecule has 3 N–H and O–H groups in total. The van der Waals surface area contributed by atoms with Crippen molar-refractivity contribution in [3.63, 3.8) is 0 Å². The predicted molar refractivity (Wildman–Crippen MR) is 51.7 cm³/mol. The van der Waals surface area contributed by atoms with Crippen LogP contribution < -0.4 is 5.32 Å². The minimum Gasteiger partial charge on any atom is -0.480 e. The normalized spacial score (nSPS) is 11.1. The highest BCUT2D eigenvalue weighted by atomic mass is 19.4. The van der Waals surface area contributed by atoms with Gasteiger partial charge in [-0.1, -0.05) is 5.21 Å². The van der Waals surface area contributed by atoms with Crippen molar-refractivity contribution in [2.24, 2.45) is 0 Å². The summed E-state index contributed by atoms with van der Waals surface area (Å²) in [5.41, 5.74) is 0. The number of carbonyl (C=O) groups is 2. The first-order valence-corrected chi connectivity index (χ1v) is 4.81. The molecule has 0 radical (unpaired) electrons. The lowest BCUT2D eigenvalue weighted by Crippen LogP contribution is -2.46. The maximum absolute atomic E-state index is 12.2. The summed E-state index contributed by atoms with van der Waals surface area (Å²) >= 11 is 0. The summed E-state index contributed by atoms with van der Waals surface area (Å²) in [5, 5.41) is 22.7. The number of nitrogens with one attached hydrogen (secondary N) is 2. The van der Waals surface area contributed by atoms with Gasteiger partial charge < -0.3 is 15.3 Å². The van der Waals surface area contributed by atoms with Crippen molar-refractivity contribution in [3.8, 4) is 0 Å². The number of aliphatic carboxylic acids is 1. The van der Waals surface area contributed by atoms with E-state index in [1.807, 2.05) is 0 Å². The van der Waals surface area contributed by atoms with Crippen LogP contribution in [0.4, 0.5) is 18.0 Å². The predicted octanol–water partition coefficient (Wildman–Crippen LogP) is -0.642. The Labute approximate surface area is 103 Å². The average Bonchev–Trinajstić information content (AvgIpc) is 2.75. The molecule has 0 bridgehead atoms. The number of hydrogen-bond donors (Lipinski definition) is 3. The SMILES string of the molecule is O=C(O)CN(CC(F)(F)F)C(=O)NCc1nn[nH]n1. The van der Waals surface area contributed by atoms with E-state index in [2.05, 4.69) is 25.9 Å². The molecular weight excluding hydrogens is 273 g/mol. The van der Waals surface area contributed by atoms with Gasteiger partial charge in [0.05, 0.1) is 6.54 Å². The Balaban J connectivity index is 2.57. The number of urea groups is 1. The number of alkyl halides is 3. The van der Waals surface area contributed by atoms with E-state index in [4.69, 9.17) is 5.11 Å². The largest absolute Gasteiger partial charge is 0.480 e. The van der Waals surface area contributed by atoms with Gasteiger partial charge in [0.2, 0.25) is 0 Å². The fourth-order valence-corrected chi connectivity index (χ4v) is 1.10. The second-order valence-electron chi connectivity index (χ2n) is 3.35. The summed E-state index contributed by atoms with van der Waals surface area (Å²) < 4.78 is 36.5. The lowest BCUT2D eigenvalue weighted by molar-refractivity contribution is -0.148. The minimum absolute atomic E-state index is 0.0515. The quantitative estimate of drug-likeness (QED) is 0.659. The fraction of sp³-hybridized carbons (Fsp3) is 0.571. The maximum Gasteiger partial charge on any atom is 0.406 e. The Morgan fingerprint density at radius 1 is 1.42 bits per heavy atom. The van der Waals surface area contributed by atoms with Gasteiger partial charge in [-0.3, -0.25) is 4.79 Å². The Morgan fingerprint density at radius 3 is 2.58 bits per heavy atom. The number of aromatic amines is 1. The summed E-state index contributed by atoms with van der Waals surface area (Å²) in [4.78, 5) is 21.9. The van der Waals surface area contributed by atoms with E-state index in [-0.39, 0.29) is 17.3 Å². The Hall–Kier alpha value is -2.40. The van der Waals surface area contributed by atoms with E-state index >= 15 is 0 Å². The number of H-pyrrole nitrogens is 1. The van der Waals surface area contributed by atoms with Crippen LogP contribution >= 0.6 is 0 Å². The van der Waals surface area contributed by atoms with Crippen LogP contribution in [0.25, 0.3) is 0 Å². The van der Waals surface area contributed by atoms with Crippen molar-refractivity contribution < 1.29 is 27.9 Å². The van der Waals surface area contributed by atoms with Gasteiger partial charge in [-0.2, -0.15) is 18.4 Å². The molecule has 9 nitrogen and oxygen atoms in total. The molecular formula is C7H9F3N6O3. The first-order chi connectivity index (χ1) is 8.78. The monoisotopic (exact) mass is 282 g/mol. The lowest BCUT2D eigenvalue weighted by atomic mass is 10.4. The second-order valence-corrected chi connectivity index (χ2v) is 3.35. The number of nitrogens with zero attached hydrogens (tertiary/aromatic N) is 4. The third-order valence-corrected chi connectivity index (χ3v) is 1.77. The summed E-state index contributed by atoms with van der Waals surface area (Å²) in [6, 6.07) is -1.19. The van der Waals surface area contributed by atoms with E-state index in [0.717, 1.165) is 0 Å². The molecule has 106 valence electrons. The van der Waals surface area contributed by atoms with Crippen LogP contribution in [0.3, 0.4) is 0 Å². The molecule has 0 aliphatic heterocycles. The molecule has 2 amide bonds. The van der Waals surface area contributed by atoms with Crippen LogP contribution in [0.5, 0.6) is 0 Å². The standard InChI is InChI=1S/C7H9F3N6O3/c8-7(9,10)3-16(2-5(17)18)6(19)11-1-4-12-14-15-13-4/h1-3H2,(H,11,19)(H,17,18)(H,12,13,14,15). The van der Waals surface area contributed by atoms with Crippen molar-refractivity contribution in [1.82, 2.24) is 30.8 Å². The summed E-state index contributed by atoms with van der Waals surface area (Å²) in [6.45, 7) is -3.02. The third kappa shape index (κ3) is 5.65. The topological polar surface area (TPSA) is 124 Å². The van der Waals surface area contributed by atoms with Crippen LogP contribution in [0, 0.1) is 0 Å². The van der Waals surface area contributed by atoms with Crippen LogP contribution in [0.2, 0.25) is 0 Å². The van der Waals surface area contributed by atoms with Crippen LogP contribution in [0.1, 0.15) is 5.82 Å². The van der Waals surface area contributed by atoms with Gasteiger partial charge in [0.1, 0.15) is 13.1 Å². The number of carboxylic acids is 1. The molecule has 19 heavy (non-hydrogen) atoms. The number of tetrazole rings is 1. The lowest BCUT2D eigenvalue weighted by Gasteiger charge is -2.22. The zero-order valence-electron chi connectivity index (χ0n) is 9.31. The molecule has 0 aliphatic rings. The van der Waals surface area contributed by atoms with Crippen LogP contribution in [-0.2, 0) is 11.3 Å². The van der Waals surface area contributed by atoms with Gasteiger partial charge in [-0.05, 0) is 0 Å². The van der Waals surface area contributed by atoms with Crippen molar-refractivity contribution in [1.29, 1.82) is 0 Å². The van der Waals surface area contributed by atoms with Gasteiger partial charge in [0.25, 0.3) is 0 Å². The molecule has 0 unspecified atom stereocenters. The van der Waals surface area contributed by atoms with Crippen molar-refractivity contribution >= 4 is 12.0 Å². The molecule has 0 saturated carbocycles. The summed E-state index contributed by atoms with van der Waals surface area (Å²) in [6.07, 6.45) is -4.70. The minimum atomic E-state index is -4.70. The van der Waals surface area contributed by atoms with E-state index < -0.39 is 31.3 Å². The number of carboxylic acid groups (broad SMARTS) is 1. The van der Waals surface area contributed by atoms with Gasteiger partial charge in [-0.25, -0.2) is 4.79 Å². The number of amides is 2. The Bertz CT molecular complexity index is 434. The molecule has 1 rings (SSSR count). The maximum atomic E-state index is 12.2. The number of carbonyl (C=O) groups excluding carboxylic acids is 1. The molecule has 12 heteroatoms. The molecule has 0 spiro atoms. The fourth-order valence-electron chi connectivity index (χ4n) is 1.10. The Morgan fingerprint density at radius 2 is 2.11 bits per heavy atom. The molecule has 1 heterocycles. The van der Waals surface area contributed by atoms with Gasteiger partial charge >= 0.3 is 18.2 Å². The van der Waals surface area contributed by atoms with E-state index in [1.165, 1.54) is 0 Å². The van der Waals surface area contributed by atoms with Crippen molar-refractivity contribution in [3.05, 3.63) is 5.82 Å². The zero-order valence-corrected chi connectivity index (χ0v) is 9.31. The number of halogens is 3. The first-order valence-electron chi connectivity index (χ1n) is 4.81. The Kier molecular flexibility index (Phi) is 4.61. The zero-order chi connectivity index (χ0) is 14.5. The highest BCUT2D eigenvalue weighted by Gasteiger charge is 2.34. The molecule has 1 aromatic heterocycles. The average molecular weight is 282 g/mol. The summed E-state index contributed by atoms with van der Waals surface area (Å²) in [7, 11) is 0. The van der Waals surface area contributed by atoms with Gasteiger partial charge in [-0.15, -0.1) is 10.2 Å². The van der Waals surface area contributed by atoms with E-state index in [0.29, 0.717) is 0 Å². The van der Waals surface area contributed by atoms with E-state index in [1.54, 1.807) is 0 Å². The molecule has 0 atom stereocenters. The van der Waals surface area contributed by atoms with Crippen LogP contribution in [0.15, 0.2) is 0 Å². The van der Waals surface area contributed by atoms with Crippen molar-refractivity contribution in [2.75, 3.05) is 13.1 Å². The first kappa shape index (κ1) is 14.7. The molecule has 0 fully saturated rings. The highest BCUT2D eigenvalue weighted by molar-refractivity contribution is 5.80. The number of hydrogen-bond acceptors (Lipinski definition) is 5. The molecule has 0 saturated heterocycles. The van der Waals surface area contributed by atoms with Crippen LogP contribution in [-0.4, -0.2) is 61.9 Å². The number of rotatable bonds is 5. The van der Waals surface area contributed by atoms with Gasteiger partial charge in [0, 0.05) is 0 Å². The van der Waals surface area contributed by atoms with E-state index in [9.17, 15) is 22.8 Å². The smallest absolute Gasteiger partial charge is 0.406 e.